The Bertz CT molecular complexity index is 118. The van der Waals surface area contributed by atoms with E-state index >= 15 is 0 Å². The molecule has 2 nitrogen and oxygen atoms in total. The van der Waals surface area contributed by atoms with Crippen molar-refractivity contribution in [3.63, 3.8) is 0 Å². The van der Waals surface area contributed by atoms with Crippen LogP contribution in [-0.4, -0.2) is 25.9 Å². The lowest BCUT2D eigenvalue weighted by molar-refractivity contribution is -0.112. The van der Waals surface area contributed by atoms with Crippen LogP contribution >= 0.6 is 0 Å². The molecule has 1 radical (unpaired) electrons. The highest BCUT2D eigenvalue weighted by Gasteiger charge is 2.44. The molecule has 0 aromatic carbocycles. The van der Waals surface area contributed by atoms with E-state index in [0.29, 0.717) is 5.41 Å². The Morgan fingerprint density at radius 3 is 2.33 bits per heavy atom. The Morgan fingerprint density at radius 1 is 1.33 bits per heavy atom. The fraction of sp³-hybridized carbons (Fsp3) is 0.857. The van der Waals surface area contributed by atoms with E-state index in [1.165, 1.54) is 0 Å². The Balaban J connectivity index is 1.99. The van der Waals surface area contributed by atoms with E-state index in [9.17, 15) is 0 Å². The van der Waals surface area contributed by atoms with E-state index in [4.69, 9.17) is 9.47 Å². The van der Waals surface area contributed by atoms with Gasteiger partial charge in [0.05, 0.1) is 25.9 Å². The monoisotopic (exact) mass is 127 g/mol. The standard InChI is InChI=1S/C7H11O2/c1-6-2-7(5-9-6)3-8-4-7/h6H,1-5H2. The molecule has 51 valence electrons. The van der Waals surface area contributed by atoms with Crippen LogP contribution in [0.2, 0.25) is 0 Å². The smallest absolute Gasteiger partial charge is 0.0584 e. The molecular formula is C7H11O2. The van der Waals surface area contributed by atoms with E-state index < -0.39 is 0 Å². The predicted octanol–water partition coefficient (Wildman–Crippen LogP) is 0.626. The van der Waals surface area contributed by atoms with Crippen molar-refractivity contribution in [3.8, 4) is 0 Å². The van der Waals surface area contributed by atoms with Gasteiger partial charge in [-0.15, -0.1) is 0 Å². The maximum absolute atomic E-state index is 5.32. The highest BCUT2D eigenvalue weighted by atomic mass is 16.5. The van der Waals surface area contributed by atoms with Crippen LogP contribution in [0.4, 0.5) is 0 Å². The van der Waals surface area contributed by atoms with Crippen molar-refractivity contribution < 1.29 is 9.47 Å². The molecule has 0 saturated carbocycles. The molecule has 1 unspecified atom stereocenters. The van der Waals surface area contributed by atoms with Crippen LogP contribution in [0.15, 0.2) is 0 Å². The number of hydrogen-bond donors (Lipinski definition) is 0. The van der Waals surface area contributed by atoms with Gasteiger partial charge in [0.2, 0.25) is 0 Å². The van der Waals surface area contributed by atoms with Gasteiger partial charge < -0.3 is 9.47 Å². The van der Waals surface area contributed by atoms with Gasteiger partial charge in [-0.2, -0.15) is 0 Å². The Morgan fingerprint density at radius 2 is 2.11 bits per heavy atom. The lowest BCUT2D eigenvalue weighted by Crippen LogP contribution is -2.42. The summed E-state index contributed by atoms with van der Waals surface area (Å²) in [6, 6.07) is 0. The van der Waals surface area contributed by atoms with Crippen molar-refractivity contribution >= 4 is 0 Å². The zero-order chi connectivity index (χ0) is 6.32. The maximum Gasteiger partial charge on any atom is 0.0584 e. The van der Waals surface area contributed by atoms with Crippen molar-refractivity contribution in [1.82, 2.24) is 0 Å². The van der Waals surface area contributed by atoms with Gasteiger partial charge in [0.25, 0.3) is 0 Å². The second-order valence-electron chi connectivity index (χ2n) is 3.13. The summed E-state index contributed by atoms with van der Waals surface area (Å²) in [7, 11) is 0. The van der Waals surface area contributed by atoms with Crippen LogP contribution in [0, 0.1) is 12.3 Å². The third-order valence-corrected chi connectivity index (χ3v) is 2.10. The van der Waals surface area contributed by atoms with Crippen molar-refractivity contribution in [2.75, 3.05) is 19.8 Å². The van der Waals surface area contributed by atoms with Gasteiger partial charge in [-0.25, -0.2) is 0 Å². The van der Waals surface area contributed by atoms with Crippen LogP contribution < -0.4 is 0 Å². The van der Waals surface area contributed by atoms with E-state index in [0.717, 1.165) is 26.2 Å². The first-order chi connectivity index (χ1) is 4.31. The Kier molecular flexibility index (Phi) is 1.08. The summed E-state index contributed by atoms with van der Waals surface area (Å²) < 4.78 is 10.4. The summed E-state index contributed by atoms with van der Waals surface area (Å²) >= 11 is 0. The van der Waals surface area contributed by atoms with Gasteiger partial charge in [0.15, 0.2) is 0 Å². The Hall–Kier alpha value is -0.0800. The third-order valence-electron chi connectivity index (χ3n) is 2.10. The van der Waals surface area contributed by atoms with Crippen LogP contribution in [0.3, 0.4) is 0 Å². The van der Waals surface area contributed by atoms with E-state index in [-0.39, 0.29) is 6.10 Å². The minimum atomic E-state index is 0.217. The molecule has 1 spiro atoms. The average Bonchev–Trinajstić information content (AvgIpc) is 2.09. The molecule has 0 aliphatic carbocycles. The van der Waals surface area contributed by atoms with Crippen LogP contribution in [-0.2, 0) is 9.47 Å². The molecule has 2 rings (SSSR count). The number of rotatable bonds is 0. The molecule has 2 aliphatic rings. The summed E-state index contributed by atoms with van der Waals surface area (Å²) in [6.45, 7) is 6.48. The van der Waals surface area contributed by atoms with Gasteiger partial charge in [-0.05, 0) is 13.3 Å². The van der Waals surface area contributed by atoms with Crippen molar-refractivity contribution in [1.29, 1.82) is 0 Å². The largest absolute Gasteiger partial charge is 0.380 e. The maximum atomic E-state index is 5.32. The van der Waals surface area contributed by atoms with Crippen LogP contribution in [0.25, 0.3) is 0 Å². The third kappa shape index (κ3) is 0.775. The topological polar surface area (TPSA) is 18.5 Å². The second kappa shape index (κ2) is 1.70. The lowest BCUT2D eigenvalue weighted by Gasteiger charge is -2.36. The highest BCUT2D eigenvalue weighted by Crippen LogP contribution is 2.38. The van der Waals surface area contributed by atoms with Gasteiger partial charge >= 0.3 is 0 Å². The van der Waals surface area contributed by atoms with Gasteiger partial charge in [0, 0.05) is 5.41 Å². The molecule has 2 heterocycles. The fourth-order valence-electron chi connectivity index (χ4n) is 1.49. The molecule has 2 saturated heterocycles. The van der Waals surface area contributed by atoms with Gasteiger partial charge in [-0.3, -0.25) is 0 Å². The van der Waals surface area contributed by atoms with E-state index in [2.05, 4.69) is 6.92 Å². The summed E-state index contributed by atoms with van der Waals surface area (Å²) in [5.74, 6) is 0. The number of hydrogen-bond acceptors (Lipinski definition) is 2. The zero-order valence-electron chi connectivity index (χ0n) is 5.43. The fourth-order valence-corrected chi connectivity index (χ4v) is 1.49. The minimum Gasteiger partial charge on any atom is -0.380 e. The average molecular weight is 127 g/mol. The van der Waals surface area contributed by atoms with E-state index in [1.807, 2.05) is 0 Å². The van der Waals surface area contributed by atoms with Crippen molar-refractivity contribution in [3.05, 3.63) is 6.92 Å². The quantitative estimate of drug-likeness (QED) is 0.475. The summed E-state index contributed by atoms with van der Waals surface area (Å²) in [4.78, 5) is 0. The molecule has 2 heteroatoms. The molecule has 2 aliphatic heterocycles. The molecule has 2 fully saturated rings. The first kappa shape index (κ1) is 5.69. The van der Waals surface area contributed by atoms with Gasteiger partial charge in [0.1, 0.15) is 0 Å². The predicted molar refractivity (Wildman–Crippen MR) is 33.0 cm³/mol. The first-order valence-corrected chi connectivity index (χ1v) is 3.33. The molecule has 0 aromatic heterocycles. The molecule has 0 aromatic rings. The summed E-state index contributed by atoms with van der Waals surface area (Å²) in [6.07, 6.45) is 1.31. The summed E-state index contributed by atoms with van der Waals surface area (Å²) in [5.41, 5.74) is 0.381. The van der Waals surface area contributed by atoms with E-state index in [1.54, 1.807) is 0 Å². The summed E-state index contributed by atoms with van der Waals surface area (Å²) in [5, 5.41) is 0. The normalized spacial score (nSPS) is 39.0. The van der Waals surface area contributed by atoms with Crippen LogP contribution in [0.5, 0.6) is 0 Å². The SMILES string of the molecule is [CH2]C1CC2(COC2)CO1. The van der Waals surface area contributed by atoms with Crippen LogP contribution in [0.1, 0.15) is 6.42 Å². The molecule has 0 bridgehead atoms. The zero-order valence-corrected chi connectivity index (χ0v) is 5.43. The Labute approximate surface area is 55.1 Å². The van der Waals surface area contributed by atoms with Gasteiger partial charge in [-0.1, -0.05) is 0 Å². The minimum absolute atomic E-state index is 0.217. The highest BCUT2D eigenvalue weighted by molar-refractivity contribution is 4.93. The molecule has 0 amide bonds. The lowest BCUT2D eigenvalue weighted by atomic mass is 9.84. The molecule has 1 atom stereocenters. The second-order valence-corrected chi connectivity index (χ2v) is 3.13. The molecule has 0 N–H and O–H groups in total. The van der Waals surface area contributed by atoms with Crippen molar-refractivity contribution in [2.45, 2.75) is 12.5 Å². The molecular weight excluding hydrogens is 116 g/mol. The first-order valence-electron chi connectivity index (χ1n) is 3.33. The molecule has 9 heavy (non-hydrogen) atoms. The number of ether oxygens (including phenoxy) is 2. The van der Waals surface area contributed by atoms with Crippen molar-refractivity contribution in [2.24, 2.45) is 5.41 Å².